The molecule has 1 aliphatic heterocycles. The second-order valence-electron chi connectivity index (χ2n) is 7.11. The van der Waals surface area contributed by atoms with E-state index in [1.54, 1.807) is 12.3 Å². The van der Waals surface area contributed by atoms with E-state index in [1.165, 1.54) is 4.68 Å². The normalized spacial score (nSPS) is 15.1. The van der Waals surface area contributed by atoms with Crippen molar-refractivity contribution in [2.75, 3.05) is 18.4 Å². The molecular weight excluding hydrogens is 357 g/mol. The van der Waals surface area contributed by atoms with Crippen molar-refractivity contribution in [3.63, 3.8) is 0 Å². The van der Waals surface area contributed by atoms with Crippen LogP contribution in [0.15, 0.2) is 54.7 Å². The minimum Gasteiger partial charge on any atom is -0.322 e. The Bertz CT molecular complexity index is 968. The molecule has 2 N–H and O–H groups in total. The maximum absolute atomic E-state index is 14.2. The van der Waals surface area contributed by atoms with Crippen LogP contribution in [-0.4, -0.2) is 40.2 Å². The van der Waals surface area contributed by atoms with E-state index < -0.39 is 6.17 Å². The summed E-state index contributed by atoms with van der Waals surface area (Å²) < 4.78 is 15.7. The molecule has 1 atom stereocenters. The van der Waals surface area contributed by atoms with Gasteiger partial charge in [0.1, 0.15) is 11.9 Å². The monoisotopic (exact) mass is 379 g/mol. The quantitative estimate of drug-likeness (QED) is 0.691. The van der Waals surface area contributed by atoms with Crippen molar-refractivity contribution in [2.45, 2.75) is 19.6 Å². The fourth-order valence-electron chi connectivity index (χ4n) is 3.16. The Morgan fingerprint density at radius 3 is 2.79 bits per heavy atom. The number of carbonyl (C=O) groups is 1. The lowest BCUT2D eigenvalue weighted by Gasteiger charge is -2.29. The van der Waals surface area contributed by atoms with Gasteiger partial charge in [-0.3, -0.25) is 4.79 Å². The van der Waals surface area contributed by atoms with E-state index in [1.807, 2.05) is 49.4 Å². The van der Waals surface area contributed by atoms with Gasteiger partial charge in [0, 0.05) is 35.8 Å². The summed E-state index contributed by atoms with van der Waals surface area (Å²) in [5.41, 5.74) is 3.57. The van der Waals surface area contributed by atoms with Gasteiger partial charge < -0.3 is 10.6 Å². The third kappa shape index (κ3) is 3.94. The highest BCUT2D eigenvalue weighted by Crippen LogP contribution is 2.22. The molecule has 0 aliphatic carbocycles. The molecule has 2 aromatic carbocycles. The zero-order valence-electron chi connectivity index (χ0n) is 15.6. The summed E-state index contributed by atoms with van der Waals surface area (Å²) in [5.74, 6) is -0.139. The summed E-state index contributed by atoms with van der Waals surface area (Å²) in [6.07, 6.45) is 0.781. The van der Waals surface area contributed by atoms with Crippen molar-refractivity contribution in [1.82, 2.24) is 20.3 Å². The molecule has 2 heterocycles. The maximum atomic E-state index is 14.2. The number of rotatable bonds is 6. The second kappa shape index (κ2) is 7.90. The number of halogens is 1. The number of carbonyl (C=O) groups excluding carboxylic acids is 1. The highest BCUT2D eigenvalue weighted by Gasteiger charge is 2.27. The molecule has 144 valence electrons. The van der Waals surface area contributed by atoms with Crippen molar-refractivity contribution < 1.29 is 9.18 Å². The predicted octanol–water partition coefficient (Wildman–Crippen LogP) is 3.06. The molecule has 28 heavy (non-hydrogen) atoms. The number of hydrogen-bond donors (Lipinski definition) is 2. The van der Waals surface area contributed by atoms with Gasteiger partial charge in [-0.25, -0.2) is 9.07 Å². The zero-order chi connectivity index (χ0) is 19.5. The molecule has 0 bridgehead atoms. The average molecular weight is 379 g/mol. The number of amides is 1. The number of aromatic nitrogens is 3. The molecule has 0 radical (unpaired) electrons. The Labute approximate surface area is 162 Å². The first-order valence-corrected chi connectivity index (χ1v) is 9.32. The van der Waals surface area contributed by atoms with Crippen molar-refractivity contribution in [2.24, 2.45) is 5.92 Å². The van der Waals surface area contributed by atoms with Gasteiger partial charge in [-0.15, -0.1) is 5.10 Å². The van der Waals surface area contributed by atoms with Crippen LogP contribution in [0, 0.1) is 12.8 Å². The summed E-state index contributed by atoms with van der Waals surface area (Å²) in [6, 6.07) is 14.9. The van der Waals surface area contributed by atoms with Gasteiger partial charge in [0.05, 0.1) is 12.7 Å². The van der Waals surface area contributed by atoms with Crippen LogP contribution in [0.25, 0.3) is 11.3 Å². The Balaban J connectivity index is 1.51. The number of benzene rings is 2. The molecule has 1 amide bonds. The van der Waals surface area contributed by atoms with Crippen molar-refractivity contribution in [1.29, 1.82) is 0 Å². The number of nitrogens with one attached hydrogen (secondary N) is 2. The van der Waals surface area contributed by atoms with Gasteiger partial charge in [0.2, 0.25) is 0 Å². The summed E-state index contributed by atoms with van der Waals surface area (Å²) >= 11 is 0. The van der Waals surface area contributed by atoms with Crippen LogP contribution >= 0.6 is 0 Å². The number of alkyl halides is 1. The van der Waals surface area contributed by atoms with Crippen molar-refractivity contribution >= 4 is 11.6 Å². The van der Waals surface area contributed by atoms with Gasteiger partial charge in [0.25, 0.3) is 5.91 Å². The lowest BCUT2D eigenvalue weighted by Crippen LogP contribution is -2.48. The smallest absolute Gasteiger partial charge is 0.255 e. The highest BCUT2D eigenvalue weighted by atomic mass is 19.1. The average Bonchev–Trinajstić information content (AvgIpc) is 3.09. The number of aryl methyl sites for hydroxylation is 1. The topological polar surface area (TPSA) is 71.8 Å². The van der Waals surface area contributed by atoms with E-state index in [-0.39, 0.29) is 18.4 Å². The van der Waals surface area contributed by atoms with Gasteiger partial charge in [-0.2, -0.15) is 0 Å². The zero-order valence-corrected chi connectivity index (χ0v) is 15.6. The van der Waals surface area contributed by atoms with Crippen LogP contribution in [0.3, 0.4) is 0 Å². The van der Waals surface area contributed by atoms with E-state index in [0.29, 0.717) is 24.3 Å². The number of nitrogens with zero attached hydrogens (tertiary/aromatic N) is 3. The van der Waals surface area contributed by atoms with Crippen molar-refractivity contribution in [3.8, 4) is 11.3 Å². The van der Waals surface area contributed by atoms with E-state index in [2.05, 4.69) is 20.9 Å². The predicted molar refractivity (Wildman–Crippen MR) is 106 cm³/mol. The minimum atomic E-state index is -0.943. The third-order valence-corrected chi connectivity index (χ3v) is 5.03. The third-order valence-electron chi connectivity index (χ3n) is 5.03. The highest BCUT2D eigenvalue weighted by molar-refractivity contribution is 6.05. The van der Waals surface area contributed by atoms with Gasteiger partial charge in [-0.1, -0.05) is 35.5 Å². The van der Waals surface area contributed by atoms with E-state index >= 15 is 0 Å². The number of para-hydroxylation sites is 1. The Morgan fingerprint density at radius 2 is 2.07 bits per heavy atom. The lowest BCUT2D eigenvalue weighted by molar-refractivity contribution is 0.102. The Morgan fingerprint density at radius 1 is 1.29 bits per heavy atom. The summed E-state index contributed by atoms with van der Waals surface area (Å²) in [7, 11) is 0. The van der Waals surface area contributed by atoms with Crippen molar-refractivity contribution in [3.05, 3.63) is 65.9 Å². The van der Waals surface area contributed by atoms with Crippen LogP contribution in [0.1, 0.15) is 15.9 Å². The van der Waals surface area contributed by atoms with E-state index in [9.17, 15) is 9.18 Å². The number of hydrogen-bond acceptors (Lipinski definition) is 4. The van der Waals surface area contributed by atoms with Crippen LogP contribution in [-0.2, 0) is 6.54 Å². The van der Waals surface area contributed by atoms with Gasteiger partial charge >= 0.3 is 0 Å². The van der Waals surface area contributed by atoms with Gasteiger partial charge in [-0.05, 0) is 30.7 Å². The Kier molecular flexibility index (Phi) is 5.16. The number of anilines is 1. The molecule has 6 nitrogen and oxygen atoms in total. The standard InChI is InChI=1S/C21H22FN5O/c1-14-7-8-15(9-18(14)21(28)24-17-5-3-2-4-6-17)20-13-27(26-25-20)12-19(22)16-10-23-11-16/h2-9,13,16,19,23H,10-12H2,1H3,(H,24,28). The molecule has 1 saturated heterocycles. The van der Waals surface area contributed by atoms with Crippen LogP contribution in [0.4, 0.5) is 10.1 Å². The molecule has 3 aromatic rings. The lowest BCUT2D eigenvalue weighted by atomic mass is 9.97. The molecule has 4 rings (SSSR count). The maximum Gasteiger partial charge on any atom is 0.255 e. The fourth-order valence-corrected chi connectivity index (χ4v) is 3.16. The van der Waals surface area contributed by atoms with E-state index in [0.717, 1.165) is 16.8 Å². The largest absolute Gasteiger partial charge is 0.322 e. The van der Waals surface area contributed by atoms with Crippen LogP contribution < -0.4 is 10.6 Å². The van der Waals surface area contributed by atoms with Crippen LogP contribution in [0.5, 0.6) is 0 Å². The molecule has 0 spiro atoms. The Hall–Kier alpha value is -3.06. The molecule has 1 fully saturated rings. The molecule has 1 aromatic heterocycles. The van der Waals surface area contributed by atoms with E-state index in [4.69, 9.17) is 0 Å². The molecule has 0 saturated carbocycles. The molecule has 7 heteroatoms. The van der Waals surface area contributed by atoms with Crippen LogP contribution in [0.2, 0.25) is 0 Å². The molecular formula is C21H22FN5O. The SMILES string of the molecule is Cc1ccc(-c2cn(CC(F)C3CNC3)nn2)cc1C(=O)Nc1ccccc1. The molecule has 1 unspecified atom stereocenters. The first kappa shape index (κ1) is 18.3. The first-order valence-electron chi connectivity index (χ1n) is 9.32. The first-order chi connectivity index (χ1) is 13.6. The molecule has 1 aliphatic rings. The fraction of sp³-hybridized carbons (Fsp3) is 0.286. The minimum absolute atomic E-state index is 0.0420. The summed E-state index contributed by atoms with van der Waals surface area (Å²) in [5, 5.41) is 14.2. The van der Waals surface area contributed by atoms with Gasteiger partial charge in [0.15, 0.2) is 0 Å². The summed E-state index contributed by atoms with van der Waals surface area (Å²) in [6.45, 7) is 3.49. The second-order valence-corrected chi connectivity index (χ2v) is 7.11. The summed E-state index contributed by atoms with van der Waals surface area (Å²) in [4.78, 5) is 12.7.